The summed E-state index contributed by atoms with van der Waals surface area (Å²) in [7, 11) is 0. The number of aliphatic carboxylic acids is 1. The minimum atomic E-state index is -5.19. The van der Waals surface area contributed by atoms with Gasteiger partial charge in [0.2, 0.25) is 0 Å². The molecule has 2 aromatic heterocycles. The summed E-state index contributed by atoms with van der Waals surface area (Å²) in [6.07, 6.45) is -0.313. The number of H-pyrrole nitrogens is 2. The van der Waals surface area contributed by atoms with Crippen LogP contribution in [0.5, 0.6) is 5.75 Å². The highest BCUT2D eigenvalue weighted by Crippen LogP contribution is 2.12. The number of hydrogen-bond acceptors (Lipinski definition) is 7. The zero-order chi connectivity index (χ0) is 30.0. The number of carbonyl (C=O) groups is 2. The largest absolute Gasteiger partial charge is 0.542 e. The van der Waals surface area contributed by atoms with Crippen LogP contribution in [-0.2, 0) is 16.0 Å². The third kappa shape index (κ3) is 9.44. The number of rotatable bonds is 6. The van der Waals surface area contributed by atoms with Gasteiger partial charge in [-0.05, 0) is 35.4 Å². The molecular formula is C28H23F3N4O6. The first-order valence-electron chi connectivity index (χ1n) is 11.9. The number of alkyl halides is 3. The quantitative estimate of drug-likeness (QED) is 0.255. The predicted octanol–water partition coefficient (Wildman–Crippen LogP) is -0.827. The second-order valence-electron chi connectivity index (χ2n) is 8.45. The molecule has 10 nitrogen and oxygen atoms in total. The van der Waals surface area contributed by atoms with E-state index in [0.717, 1.165) is 11.1 Å². The maximum atomic E-state index is 12.4. The van der Waals surface area contributed by atoms with E-state index in [1.54, 1.807) is 18.2 Å². The van der Waals surface area contributed by atoms with Gasteiger partial charge in [-0.1, -0.05) is 60.7 Å². The number of carboxylic acid groups (broad SMARTS) is 1. The van der Waals surface area contributed by atoms with Crippen LogP contribution in [0.3, 0.4) is 0 Å². The van der Waals surface area contributed by atoms with E-state index < -0.39 is 35.3 Å². The molecule has 0 bridgehead atoms. The molecule has 0 aliphatic carbocycles. The number of nitrogens with one attached hydrogen (secondary N) is 2. The average molecular weight is 569 g/mol. The first-order chi connectivity index (χ1) is 19.4. The van der Waals surface area contributed by atoms with Crippen LogP contribution >= 0.6 is 0 Å². The number of benzene rings is 2. The maximum absolute atomic E-state index is 12.4. The monoisotopic (exact) mass is 568 g/mol. The molecule has 5 N–H and O–H groups in total. The summed E-state index contributed by atoms with van der Waals surface area (Å²) in [4.78, 5) is 55.3. The molecule has 41 heavy (non-hydrogen) atoms. The van der Waals surface area contributed by atoms with E-state index in [1.807, 2.05) is 60.7 Å². The fourth-order valence-electron chi connectivity index (χ4n) is 3.28. The number of nitrogens with zero attached hydrogens (tertiary/aromatic N) is 1. The number of aromatic nitrogens is 3. The van der Waals surface area contributed by atoms with Crippen LogP contribution in [0, 0.1) is 0 Å². The van der Waals surface area contributed by atoms with Crippen molar-refractivity contribution < 1.29 is 38.3 Å². The predicted molar refractivity (Wildman–Crippen MR) is 138 cm³/mol. The Morgan fingerprint density at radius 1 is 0.902 bits per heavy atom. The van der Waals surface area contributed by atoms with Gasteiger partial charge in [0.05, 0.1) is 11.9 Å². The molecule has 4 aromatic rings. The molecule has 0 amide bonds. The van der Waals surface area contributed by atoms with Crippen LogP contribution < -0.4 is 37.4 Å². The van der Waals surface area contributed by atoms with Gasteiger partial charge in [0, 0.05) is 6.42 Å². The minimum Gasteiger partial charge on any atom is -0.542 e. The van der Waals surface area contributed by atoms with Crippen molar-refractivity contribution in [3.63, 3.8) is 0 Å². The van der Waals surface area contributed by atoms with Gasteiger partial charge in [-0.3, -0.25) is 14.6 Å². The maximum Gasteiger partial charge on any atom is 0.430 e. The van der Waals surface area contributed by atoms with E-state index in [9.17, 15) is 27.6 Å². The lowest BCUT2D eigenvalue weighted by Crippen LogP contribution is -2.67. The molecule has 2 heterocycles. The molecular weight excluding hydrogens is 545 g/mol. The Morgan fingerprint density at radius 2 is 1.44 bits per heavy atom. The minimum absolute atomic E-state index is 0.0631. The number of hydrogen-bond donors (Lipinski definition) is 3. The molecule has 0 saturated heterocycles. The summed E-state index contributed by atoms with van der Waals surface area (Å²) in [5, 5.41) is 9.00. The first kappa shape index (κ1) is 30.2. The van der Waals surface area contributed by atoms with Gasteiger partial charge in [-0.15, -0.1) is 0 Å². The van der Waals surface area contributed by atoms with E-state index in [0.29, 0.717) is 12.1 Å². The Labute approximate surface area is 229 Å². The lowest BCUT2D eigenvalue weighted by molar-refractivity contribution is -0.406. The zero-order valence-electron chi connectivity index (χ0n) is 21.2. The zero-order valence-corrected chi connectivity index (χ0v) is 21.2. The molecule has 0 aliphatic rings. The van der Waals surface area contributed by atoms with E-state index in [-0.39, 0.29) is 16.4 Å². The fourth-order valence-corrected chi connectivity index (χ4v) is 3.28. The van der Waals surface area contributed by atoms with Crippen molar-refractivity contribution >= 4 is 24.1 Å². The molecule has 212 valence electrons. The van der Waals surface area contributed by atoms with Crippen LogP contribution in [0.2, 0.25) is 0 Å². The molecule has 0 saturated carbocycles. The molecule has 0 spiro atoms. The summed E-state index contributed by atoms with van der Waals surface area (Å²) in [6, 6.07) is 21.4. The van der Waals surface area contributed by atoms with E-state index in [2.05, 4.69) is 20.7 Å². The van der Waals surface area contributed by atoms with Crippen LogP contribution in [-0.4, -0.2) is 39.1 Å². The molecule has 4 rings (SSSR count). The summed E-state index contributed by atoms with van der Waals surface area (Å²) in [5.74, 6) is -3.21. The molecule has 1 atom stereocenters. The van der Waals surface area contributed by atoms with E-state index in [4.69, 9.17) is 14.6 Å². The molecule has 0 radical (unpaired) electrons. The third-order valence-electron chi connectivity index (χ3n) is 5.26. The standard InChI is InChI=1S/C26H22N4O4.C2HF3O2/c27-21(13-17-7-3-1-4-8-17)26(33)34-20-12-11-19(28-16-20)15-23-25(32)29-22(24(31)30-23)14-18-9-5-2-6-10-18;3-2(4,5)1(6)7/h1-12,14-16,21H,13,27H2,(H,29,32)(H,30,31);(H,6,7)/b22-14-,23-15-;. The second-order valence-corrected chi connectivity index (χ2v) is 8.45. The van der Waals surface area contributed by atoms with Gasteiger partial charge in [0.15, 0.2) is 6.04 Å². The summed E-state index contributed by atoms with van der Waals surface area (Å²) in [5.41, 5.74) is 5.19. The lowest BCUT2D eigenvalue weighted by Gasteiger charge is -2.08. The smallest absolute Gasteiger partial charge is 0.430 e. The number of aromatic amines is 2. The Kier molecular flexibility index (Phi) is 10.1. The normalized spacial score (nSPS) is 12.7. The number of halogens is 3. The van der Waals surface area contributed by atoms with Gasteiger partial charge in [0.25, 0.3) is 11.1 Å². The van der Waals surface area contributed by atoms with Gasteiger partial charge < -0.3 is 30.3 Å². The van der Waals surface area contributed by atoms with Gasteiger partial charge in [-0.2, -0.15) is 13.2 Å². The third-order valence-corrected chi connectivity index (χ3v) is 5.26. The number of carbonyl (C=O) groups excluding carboxylic acids is 2. The number of quaternary nitrogens is 1. The van der Waals surface area contributed by atoms with Crippen molar-refractivity contribution in [3.05, 3.63) is 127 Å². The Balaban J connectivity index is 0.000000587. The number of pyridine rings is 1. The highest BCUT2D eigenvalue weighted by molar-refractivity contribution is 5.77. The number of carboxylic acids is 1. The van der Waals surface area contributed by atoms with E-state index in [1.165, 1.54) is 12.3 Å². The van der Waals surface area contributed by atoms with Crippen LogP contribution in [0.15, 0.2) is 88.6 Å². The Hall–Kier alpha value is -5.30. The summed E-state index contributed by atoms with van der Waals surface area (Å²) in [6.45, 7) is 0. The fraction of sp³-hybridized carbons (Fsp3) is 0.107. The topological polar surface area (TPSA) is 173 Å². The van der Waals surface area contributed by atoms with Crippen molar-refractivity contribution in [3.8, 4) is 5.75 Å². The summed E-state index contributed by atoms with van der Waals surface area (Å²) < 4.78 is 36.9. The molecule has 13 heteroatoms. The highest BCUT2D eigenvalue weighted by Gasteiger charge is 2.28. The molecule has 1 unspecified atom stereocenters. The van der Waals surface area contributed by atoms with Crippen molar-refractivity contribution in [1.29, 1.82) is 0 Å². The van der Waals surface area contributed by atoms with Crippen LogP contribution in [0.1, 0.15) is 16.8 Å². The number of ether oxygens (including phenoxy) is 1. The van der Waals surface area contributed by atoms with Crippen molar-refractivity contribution in [2.75, 3.05) is 0 Å². The summed E-state index contributed by atoms with van der Waals surface area (Å²) >= 11 is 0. The van der Waals surface area contributed by atoms with Crippen molar-refractivity contribution in [2.24, 2.45) is 0 Å². The Morgan fingerprint density at radius 3 is 1.95 bits per heavy atom. The highest BCUT2D eigenvalue weighted by atomic mass is 19.4. The van der Waals surface area contributed by atoms with E-state index >= 15 is 0 Å². The second kappa shape index (κ2) is 13.7. The Bertz CT molecular complexity index is 1720. The average Bonchev–Trinajstić information content (AvgIpc) is 2.93. The first-order valence-corrected chi connectivity index (χ1v) is 11.9. The van der Waals surface area contributed by atoms with Crippen LogP contribution in [0.25, 0.3) is 12.2 Å². The van der Waals surface area contributed by atoms with Crippen LogP contribution in [0.4, 0.5) is 13.2 Å². The van der Waals surface area contributed by atoms with Gasteiger partial charge in [0.1, 0.15) is 22.4 Å². The molecule has 0 aliphatic heterocycles. The number of esters is 1. The molecule has 0 fully saturated rings. The van der Waals surface area contributed by atoms with Gasteiger partial charge in [-0.25, -0.2) is 4.79 Å². The van der Waals surface area contributed by atoms with Crippen molar-refractivity contribution in [2.45, 2.75) is 18.6 Å². The molecule has 2 aromatic carbocycles. The lowest BCUT2D eigenvalue weighted by atomic mass is 10.1. The van der Waals surface area contributed by atoms with Crippen molar-refractivity contribution in [1.82, 2.24) is 15.0 Å². The SMILES string of the molecule is O=C([O-])C(F)(F)F.[NH3+]C(Cc1ccccc1)C(=O)Oc1ccc(/C=c2\[nH]c(=O)/c(=C/c3ccccc3)[nH]c2=O)nc1. The van der Waals surface area contributed by atoms with Gasteiger partial charge >= 0.3 is 12.1 Å².